The van der Waals surface area contributed by atoms with Crippen LogP contribution < -0.4 is 9.04 Å². The van der Waals surface area contributed by atoms with Crippen LogP contribution in [0.1, 0.15) is 42.3 Å². The summed E-state index contributed by atoms with van der Waals surface area (Å²) >= 11 is 0. The predicted molar refractivity (Wildman–Crippen MR) is 125 cm³/mol. The summed E-state index contributed by atoms with van der Waals surface area (Å²) in [5.41, 5.74) is 1.55. The third kappa shape index (κ3) is 5.11. The lowest BCUT2D eigenvalue weighted by Gasteiger charge is -2.37. The van der Waals surface area contributed by atoms with E-state index in [0.717, 1.165) is 11.1 Å². The molecule has 168 valence electrons. The number of carbonyl (C=O) groups is 1. The molecule has 0 aromatic heterocycles. The summed E-state index contributed by atoms with van der Waals surface area (Å²) in [4.78, 5) is 11.3. The molecule has 7 heteroatoms. The fraction of sp³-hybridized carbons (Fsp3) is 0.240. The first-order valence-corrected chi connectivity index (χ1v) is 11.6. The minimum absolute atomic E-state index is 0.166. The number of ether oxygens (including phenoxy) is 1. The van der Waals surface area contributed by atoms with Gasteiger partial charge in [0, 0.05) is 5.54 Å². The molecule has 0 unspecified atom stereocenters. The molecule has 0 radical (unpaired) electrons. The van der Waals surface area contributed by atoms with Gasteiger partial charge in [-0.15, -0.1) is 0 Å². The fourth-order valence-electron chi connectivity index (χ4n) is 3.36. The minimum Gasteiger partial charge on any atom is -0.487 e. The van der Waals surface area contributed by atoms with Gasteiger partial charge in [0.1, 0.15) is 12.4 Å². The van der Waals surface area contributed by atoms with Gasteiger partial charge in [0.2, 0.25) is 0 Å². The van der Waals surface area contributed by atoms with Crippen LogP contribution in [0.3, 0.4) is 0 Å². The Morgan fingerprint density at radius 3 is 2.16 bits per heavy atom. The summed E-state index contributed by atoms with van der Waals surface area (Å²) < 4.78 is 34.7. The zero-order chi connectivity index (χ0) is 23.5. The number of carboxylic acid groups (broad SMARTS) is 1. The van der Waals surface area contributed by atoms with E-state index in [1.165, 1.54) is 16.4 Å². The Bertz CT molecular complexity index is 1200. The number of aromatic carboxylic acids is 1. The molecule has 0 heterocycles. The van der Waals surface area contributed by atoms with Crippen molar-refractivity contribution in [1.29, 1.82) is 0 Å². The number of hydrogen-bond donors (Lipinski definition) is 1. The molecule has 0 atom stereocenters. The Morgan fingerprint density at radius 1 is 0.969 bits per heavy atom. The van der Waals surface area contributed by atoms with E-state index in [2.05, 4.69) is 0 Å². The zero-order valence-corrected chi connectivity index (χ0v) is 19.4. The van der Waals surface area contributed by atoms with Crippen LogP contribution in [-0.2, 0) is 16.6 Å². The fourth-order valence-corrected chi connectivity index (χ4v) is 5.20. The molecule has 3 rings (SSSR count). The first-order chi connectivity index (χ1) is 15.0. The maximum absolute atomic E-state index is 13.6. The van der Waals surface area contributed by atoms with Gasteiger partial charge in [0.05, 0.1) is 16.1 Å². The van der Waals surface area contributed by atoms with E-state index in [1.807, 2.05) is 33.8 Å². The van der Waals surface area contributed by atoms with Crippen LogP contribution in [0.5, 0.6) is 5.75 Å². The van der Waals surface area contributed by atoms with Crippen molar-refractivity contribution in [3.63, 3.8) is 0 Å². The lowest BCUT2D eigenvalue weighted by molar-refractivity contribution is 0.0697. The summed E-state index contributed by atoms with van der Waals surface area (Å²) in [5, 5.41) is 9.06. The third-order valence-corrected chi connectivity index (χ3v) is 6.91. The minimum atomic E-state index is -3.86. The molecule has 0 aliphatic carbocycles. The monoisotopic (exact) mass is 453 g/mol. The van der Waals surface area contributed by atoms with E-state index in [4.69, 9.17) is 9.84 Å². The van der Waals surface area contributed by atoms with Gasteiger partial charge >= 0.3 is 5.97 Å². The highest BCUT2D eigenvalue weighted by molar-refractivity contribution is 7.93. The third-order valence-electron chi connectivity index (χ3n) is 4.82. The number of nitrogens with zero attached hydrogens (tertiary/aromatic N) is 1. The van der Waals surface area contributed by atoms with E-state index in [-0.39, 0.29) is 17.1 Å². The summed E-state index contributed by atoms with van der Waals surface area (Å²) in [6.45, 7) is 7.58. The molecule has 0 aliphatic rings. The molecular weight excluding hydrogens is 426 g/mol. The molecule has 0 aliphatic heterocycles. The molecule has 3 aromatic rings. The summed E-state index contributed by atoms with van der Waals surface area (Å²) in [6, 6.07) is 20.1. The number of sulfonamides is 1. The SMILES string of the molecule is Cc1ccc(OCc2ccc(C(=O)O)cc2)c(N(C(C)(C)C)S(=O)(=O)c2ccccc2)c1. The maximum Gasteiger partial charge on any atom is 0.335 e. The van der Waals surface area contributed by atoms with E-state index in [9.17, 15) is 13.2 Å². The van der Waals surface area contributed by atoms with Crippen LogP contribution in [0.2, 0.25) is 0 Å². The van der Waals surface area contributed by atoms with E-state index in [1.54, 1.807) is 54.6 Å². The van der Waals surface area contributed by atoms with Gasteiger partial charge in [0.25, 0.3) is 10.0 Å². The van der Waals surface area contributed by atoms with Gasteiger partial charge in [-0.25, -0.2) is 13.2 Å². The van der Waals surface area contributed by atoms with E-state index in [0.29, 0.717) is 11.4 Å². The van der Waals surface area contributed by atoms with Gasteiger partial charge in [-0.2, -0.15) is 0 Å². The summed E-state index contributed by atoms with van der Waals surface area (Å²) in [5.74, 6) is -0.572. The van der Waals surface area contributed by atoms with Crippen molar-refractivity contribution in [3.8, 4) is 5.75 Å². The maximum atomic E-state index is 13.6. The number of rotatable bonds is 7. The Hall–Kier alpha value is -3.32. The van der Waals surface area contributed by atoms with Crippen LogP contribution in [0.4, 0.5) is 5.69 Å². The molecule has 0 fully saturated rings. The van der Waals surface area contributed by atoms with Gasteiger partial charge in [-0.05, 0) is 75.2 Å². The molecular formula is C25H27NO5S. The van der Waals surface area contributed by atoms with Crippen LogP contribution in [0, 0.1) is 6.92 Å². The first kappa shape index (κ1) is 23.3. The standard InChI is InChI=1S/C25H27NO5S/c1-18-10-15-23(31-17-19-11-13-20(14-12-19)24(27)28)22(16-18)26(25(2,3)4)32(29,30)21-8-6-5-7-9-21/h5-16H,17H2,1-4H3,(H,27,28). The Morgan fingerprint density at radius 2 is 1.59 bits per heavy atom. The average Bonchev–Trinajstić information content (AvgIpc) is 2.73. The Kier molecular flexibility index (Phi) is 6.60. The molecule has 0 amide bonds. The van der Waals surface area contributed by atoms with Gasteiger partial charge in [-0.1, -0.05) is 36.4 Å². The number of benzene rings is 3. The van der Waals surface area contributed by atoms with Crippen LogP contribution in [0.25, 0.3) is 0 Å². The molecule has 3 aromatic carbocycles. The number of hydrogen-bond acceptors (Lipinski definition) is 4. The zero-order valence-electron chi connectivity index (χ0n) is 18.6. The van der Waals surface area contributed by atoms with Crippen molar-refractivity contribution in [2.24, 2.45) is 0 Å². The van der Waals surface area contributed by atoms with E-state index < -0.39 is 21.5 Å². The highest BCUT2D eigenvalue weighted by Gasteiger charge is 2.36. The van der Waals surface area contributed by atoms with Gasteiger partial charge in [-0.3, -0.25) is 4.31 Å². The summed E-state index contributed by atoms with van der Waals surface area (Å²) in [7, 11) is -3.86. The molecule has 1 N–H and O–H groups in total. The highest BCUT2D eigenvalue weighted by atomic mass is 32.2. The molecule has 6 nitrogen and oxygen atoms in total. The molecule has 0 saturated heterocycles. The summed E-state index contributed by atoms with van der Waals surface area (Å²) in [6.07, 6.45) is 0. The average molecular weight is 454 g/mol. The smallest absolute Gasteiger partial charge is 0.335 e. The van der Waals surface area contributed by atoms with E-state index >= 15 is 0 Å². The number of carboxylic acids is 1. The molecule has 0 bridgehead atoms. The topological polar surface area (TPSA) is 83.9 Å². The van der Waals surface area contributed by atoms with Crippen LogP contribution in [0.15, 0.2) is 77.7 Å². The van der Waals surface area contributed by atoms with Crippen molar-refractivity contribution in [2.75, 3.05) is 4.31 Å². The van der Waals surface area contributed by atoms with Gasteiger partial charge in [0.15, 0.2) is 0 Å². The van der Waals surface area contributed by atoms with Crippen molar-refractivity contribution in [1.82, 2.24) is 0 Å². The predicted octanol–water partition coefficient (Wildman–Crippen LogP) is 5.27. The molecule has 32 heavy (non-hydrogen) atoms. The first-order valence-electron chi connectivity index (χ1n) is 10.2. The molecule has 0 saturated carbocycles. The normalized spacial score (nSPS) is 11.8. The second-order valence-corrected chi connectivity index (χ2v) is 10.3. The van der Waals surface area contributed by atoms with Crippen LogP contribution in [-0.4, -0.2) is 25.0 Å². The van der Waals surface area contributed by atoms with Crippen molar-refractivity contribution in [3.05, 3.63) is 89.5 Å². The van der Waals surface area contributed by atoms with Crippen molar-refractivity contribution < 1.29 is 23.1 Å². The Labute approximate surface area is 189 Å². The van der Waals surface area contributed by atoms with Crippen molar-refractivity contribution in [2.45, 2.75) is 44.7 Å². The number of aryl methyl sites for hydroxylation is 1. The van der Waals surface area contributed by atoms with Crippen LogP contribution >= 0.6 is 0 Å². The Balaban J connectivity index is 2.01. The lowest BCUT2D eigenvalue weighted by atomic mass is 10.1. The second-order valence-electron chi connectivity index (χ2n) is 8.52. The molecule has 0 spiro atoms. The second kappa shape index (κ2) is 9.04. The lowest BCUT2D eigenvalue weighted by Crippen LogP contribution is -2.46. The highest BCUT2D eigenvalue weighted by Crippen LogP contribution is 2.38. The van der Waals surface area contributed by atoms with Gasteiger partial charge < -0.3 is 9.84 Å². The largest absolute Gasteiger partial charge is 0.487 e. The quantitative estimate of drug-likeness (QED) is 0.527. The van der Waals surface area contributed by atoms with Crippen molar-refractivity contribution >= 4 is 21.7 Å². The number of anilines is 1.